The van der Waals surface area contributed by atoms with Crippen LogP contribution in [0.1, 0.15) is 12.8 Å². The van der Waals surface area contributed by atoms with Crippen LogP contribution in [0.15, 0.2) is 36.4 Å². The molecule has 5 heteroatoms. The Balaban J connectivity index is 1.85. The number of anilines is 1. The third-order valence-electron chi connectivity index (χ3n) is 3.31. The van der Waals surface area contributed by atoms with Gasteiger partial charge in [-0.1, -0.05) is 12.2 Å². The number of hydrogen-bond donors (Lipinski definition) is 1. The molecular weight excluding hydrogens is 218 g/mol. The Morgan fingerprint density at radius 1 is 1.24 bits per heavy atom. The SMILES string of the molecule is O=[N+]([O-])c1ccc(N2NC3C=CC2CC3)cc1. The van der Waals surface area contributed by atoms with E-state index in [-0.39, 0.29) is 10.6 Å². The molecule has 0 aromatic heterocycles. The predicted octanol–water partition coefficient (Wildman–Crippen LogP) is 2.01. The largest absolute Gasteiger partial charge is 0.301 e. The van der Waals surface area contributed by atoms with Crippen molar-refractivity contribution in [3.63, 3.8) is 0 Å². The molecule has 1 fully saturated rings. The quantitative estimate of drug-likeness (QED) is 0.480. The van der Waals surface area contributed by atoms with Crippen molar-refractivity contribution >= 4 is 11.4 Å². The summed E-state index contributed by atoms with van der Waals surface area (Å²) in [4.78, 5) is 10.2. The van der Waals surface area contributed by atoms with Gasteiger partial charge in [-0.05, 0) is 25.0 Å². The zero-order valence-corrected chi connectivity index (χ0v) is 9.24. The summed E-state index contributed by atoms with van der Waals surface area (Å²) in [7, 11) is 0. The molecule has 5 nitrogen and oxygen atoms in total. The van der Waals surface area contributed by atoms with Crippen LogP contribution < -0.4 is 10.4 Å². The molecule has 1 aromatic carbocycles. The number of nitrogens with zero attached hydrogens (tertiary/aromatic N) is 2. The lowest BCUT2D eigenvalue weighted by Crippen LogP contribution is -2.56. The molecule has 1 N–H and O–H groups in total. The monoisotopic (exact) mass is 231 g/mol. The fraction of sp³-hybridized carbons (Fsp3) is 0.333. The van der Waals surface area contributed by atoms with Crippen molar-refractivity contribution in [1.29, 1.82) is 0 Å². The first kappa shape index (κ1) is 10.3. The summed E-state index contributed by atoms with van der Waals surface area (Å²) >= 11 is 0. The molecule has 2 unspecified atom stereocenters. The van der Waals surface area contributed by atoms with Crippen LogP contribution in [-0.4, -0.2) is 17.0 Å². The zero-order valence-electron chi connectivity index (χ0n) is 9.24. The highest BCUT2D eigenvalue weighted by molar-refractivity contribution is 5.52. The lowest BCUT2D eigenvalue weighted by atomic mass is 9.95. The molecule has 0 saturated carbocycles. The summed E-state index contributed by atoms with van der Waals surface area (Å²) < 4.78 is 0. The number of nitro benzene ring substituents is 1. The van der Waals surface area contributed by atoms with Crippen molar-refractivity contribution in [2.45, 2.75) is 24.9 Å². The third kappa shape index (κ3) is 1.78. The second kappa shape index (κ2) is 3.85. The number of hydrazine groups is 1. The van der Waals surface area contributed by atoms with Crippen LogP contribution in [0, 0.1) is 10.1 Å². The number of benzene rings is 1. The molecule has 2 bridgehead atoms. The van der Waals surface area contributed by atoms with E-state index in [2.05, 4.69) is 22.6 Å². The molecule has 2 aliphatic heterocycles. The molecule has 2 heterocycles. The van der Waals surface area contributed by atoms with Crippen molar-refractivity contribution < 1.29 is 4.92 Å². The fourth-order valence-corrected chi connectivity index (χ4v) is 2.40. The van der Waals surface area contributed by atoms with E-state index in [1.165, 1.54) is 0 Å². The maximum Gasteiger partial charge on any atom is 0.269 e. The molecule has 1 saturated heterocycles. The highest BCUT2D eigenvalue weighted by Crippen LogP contribution is 2.28. The van der Waals surface area contributed by atoms with Gasteiger partial charge in [-0.2, -0.15) is 0 Å². The minimum Gasteiger partial charge on any atom is -0.301 e. The van der Waals surface area contributed by atoms with Crippen molar-refractivity contribution in [3.05, 3.63) is 46.5 Å². The molecule has 17 heavy (non-hydrogen) atoms. The standard InChI is InChI=1S/C12H13N3O2/c16-15(17)12-7-5-11(6-8-12)14-10-3-1-9(13-14)2-4-10/h1,3,5-10,13H,2,4H2. The van der Waals surface area contributed by atoms with Gasteiger partial charge in [0.15, 0.2) is 0 Å². The molecule has 88 valence electrons. The summed E-state index contributed by atoms with van der Waals surface area (Å²) in [6.45, 7) is 0. The van der Waals surface area contributed by atoms with E-state index in [1.807, 2.05) is 0 Å². The highest BCUT2D eigenvalue weighted by atomic mass is 16.6. The van der Waals surface area contributed by atoms with Gasteiger partial charge >= 0.3 is 0 Å². The molecule has 4 rings (SSSR count). The molecule has 0 radical (unpaired) electrons. The van der Waals surface area contributed by atoms with Crippen molar-refractivity contribution in [2.24, 2.45) is 0 Å². The maximum absolute atomic E-state index is 10.6. The van der Waals surface area contributed by atoms with E-state index in [9.17, 15) is 10.1 Å². The fourth-order valence-electron chi connectivity index (χ4n) is 2.40. The molecule has 3 aliphatic rings. The van der Waals surface area contributed by atoms with Gasteiger partial charge in [-0.3, -0.25) is 10.1 Å². The second-order valence-electron chi connectivity index (χ2n) is 4.41. The lowest BCUT2D eigenvalue weighted by Gasteiger charge is -2.43. The van der Waals surface area contributed by atoms with E-state index in [4.69, 9.17) is 0 Å². The number of hydrogen-bond acceptors (Lipinski definition) is 4. The molecule has 1 aromatic rings. The minimum atomic E-state index is -0.376. The Kier molecular flexibility index (Phi) is 2.33. The third-order valence-corrected chi connectivity index (χ3v) is 3.31. The van der Waals surface area contributed by atoms with E-state index < -0.39 is 0 Å². The zero-order chi connectivity index (χ0) is 11.8. The summed E-state index contributed by atoms with van der Waals surface area (Å²) in [5.74, 6) is 0. The average Bonchev–Trinajstić information content (AvgIpc) is 2.40. The first-order valence-corrected chi connectivity index (χ1v) is 5.72. The van der Waals surface area contributed by atoms with Crippen LogP contribution in [0.3, 0.4) is 0 Å². The summed E-state index contributed by atoms with van der Waals surface area (Å²) in [6.07, 6.45) is 6.68. The van der Waals surface area contributed by atoms with Crippen LogP contribution in [0.25, 0.3) is 0 Å². The van der Waals surface area contributed by atoms with Gasteiger partial charge in [0, 0.05) is 18.2 Å². The normalized spacial score (nSPS) is 26.2. The summed E-state index contributed by atoms with van der Waals surface area (Å²) in [5.41, 5.74) is 4.51. The number of non-ortho nitro benzene ring substituents is 1. The smallest absolute Gasteiger partial charge is 0.269 e. The van der Waals surface area contributed by atoms with Gasteiger partial charge in [0.05, 0.1) is 16.7 Å². The van der Waals surface area contributed by atoms with Crippen LogP contribution in [-0.2, 0) is 0 Å². The van der Waals surface area contributed by atoms with Crippen LogP contribution >= 0.6 is 0 Å². The van der Waals surface area contributed by atoms with Crippen LogP contribution in [0.2, 0.25) is 0 Å². The van der Waals surface area contributed by atoms with E-state index in [0.717, 1.165) is 18.5 Å². The molecule has 1 aliphatic carbocycles. The first-order valence-electron chi connectivity index (χ1n) is 5.72. The lowest BCUT2D eigenvalue weighted by molar-refractivity contribution is -0.384. The molecule has 0 amide bonds. The maximum atomic E-state index is 10.6. The van der Waals surface area contributed by atoms with E-state index >= 15 is 0 Å². The Labute approximate surface area is 98.9 Å². The number of fused-ring (bicyclic) bond motifs is 2. The van der Waals surface area contributed by atoms with Gasteiger partial charge in [0.1, 0.15) is 0 Å². The Bertz CT molecular complexity index is 469. The summed E-state index contributed by atoms with van der Waals surface area (Å²) in [5, 5.41) is 12.7. The van der Waals surface area contributed by atoms with Crippen LogP contribution in [0.4, 0.5) is 11.4 Å². The van der Waals surface area contributed by atoms with Crippen molar-refractivity contribution in [3.8, 4) is 0 Å². The number of rotatable bonds is 2. The number of nitro groups is 1. The van der Waals surface area contributed by atoms with Crippen molar-refractivity contribution in [1.82, 2.24) is 5.43 Å². The van der Waals surface area contributed by atoms with Gasteiger partial charge in [0.25, 0.3) is 5.69 Å². The molecule has 2 atom stereocenters. The van der Waals surface area contributed by atoms with Gasteiger partial charge in [0.2, 0.25) is 0 Å². The highest BCUT2D eigenvalue weighted by Gasteiger charge is 2.29. The van der Waals surface area contributed by atoms with E-state index in [0.29, 0.717) is 12.1 Å². The Morgan fingerprint density at radius 2 is 2.00 bits per heavy atom. The topological polar surface area (TPSA) is 58.4 Å². The summed E-state index contributed by atoms with van der Waals surface area (Å²) in [6, 6.07) is 7.43. The van der Waals surface area contributed by atoms with Crippen molar-refractivity contribution in [2.75, 3.05) is 5.01 Å². The second-order valence-corrected chi connectivity index (χ2v) is 4.41. The van der Waals surface area contributed by atoms with Gasteiger partial charge in [-0.15, -0.1) is 0 Å². The Hall–Kier alpha value is -1.88. The predicted molar refractivity (Wildman–Crippen MR) is 64.7 cm³/mol. The van der Waals surface area contributed by atoms with Gasteiger partial charge in [-0.25, -0.2) is 5.43 Å². The average molecular weight is 231 g/mol. The first-order chi connectivity index (χ1) is 8.24. The van der Waals surface area contributed by atoms with Crippen LogP contribution in [0.5, 0.6) is 0 Å². The Morgan fingerprint density at radius 3 is 2.47 bits per heavy atom. The molecular formula is C12H13N3O2. The number of nitrogens with one attached hydrogen (secondary N) is 1. The van der Waals surface area contributed by atoms with E-state index in [1.54, 1.807) is 24.3 Å². The molecule has 0 spiro atoms. The van der Waals surface area contributed by atoms with Gasteiger partial charge < -0.3 is 5.01 Å². The minimum absolute atomic E-state index is 0.131.